The Labute approximate surface area is 224 Å². The number of carbonyl (C=O) groups is 1. The third-order valence-electron chi connectivity index (χ3n) is 7.91. The van der Waals surface area contributed by atoms with Crippen LogP contribution in [0.3, 0.4) is 0 Å². The first-order valence-corrected chi connectivity index (χ1v) is 13.8. The quantitative estimate of drug-likeness (QED) is 0.443. The molecule has 2 fully saturated rings. The van der Waals surface area contributed by atoms with Gasteiger partial charge in [-0.15, -0.1) is 0 Å². The van der Waals surface area contributed by atoms with Crippen LogP contribution >= 0.6 is 0 Å². The maximum Gasteiger partial charge on any atom is 0.410 e. The van der Waals surface area contributed by atoms with E-state index < -0.39 is 5.60 Å². The topological polar surface area (TPSA) is 85.5 Å². The Morgan fingerprint density at radius 1 is 1.05 bits per heavy atom. The lowest BCUT2D eigenvalue weighted by Crippen LogP contribution is -2.52. The number of hydrogen-bond acceptors (Lipinski definition) is 6. The van der Waals surface area contributed by atoms with Crippen LogP contribution < -0.4 is 10.6 Å². The Morgan fingerprint density at radius 2 is 1.82 bits per heavy atom. The molecule has 4 heterocycles. The maximum absolute atomic E-state index is 12.9. The van der Waals surface area contributed by atoms with Gasteiger partial charge in [0, 0.05) is 25.4 Å². The number of benzene rings is 2. The average Bonchev–Trinajstić information content (AvgIpc) is 3.69. The highest BCUT2D eigenvalue weighted by molar-refractivity contribution is 5.89. The molecule has 0 radical (unpaired) electrons. The molecular weight excluding hydrogens is 476 g/mol. The molecule has 6 rings (SSSR count). The van der Waals surface area contributed by atoms with Gasteiger partial charge in [0.2, 0.25) is 0 Å². The van der Waals surface area contributed by atoms with Crippen LogP contribution in [0.5, 0.6) is 0 Å². The monoisotopic (exact) mass is 514 g/mol. The van der Waals surface area contributed by atoms with Crippen LogP contribution in [-0.4, -0.2) is 63.8 Å². The summed E-state index contributed by atoms with van der Waals surface area (Å²) in [7, 11) is 2.10. The second-order valence-electron chi connectivity index (χ2n) is 11.7. The highest BCUT2D eigenvalue weighted by Crippen LogP contribution is 2.33. The van der Waals surface area contributed by atoms with Gasteiger partial charge in [-0.25, -0.2) is 9.78 Å². The summed E-state index contributed by atoms with van der Waals surface area (Å²) in [6, 6.07) is 13.6. The number of ether oxygens (including phenoxy) is 1. The summed E-state index contributed by atoms with van der Waals surface area (Å²) in [4.78, 5) is 25.2. The highest BCUT2D eigenvalue weighted by Gasteiger charge is 2.40. The van der Waals surface area contributed by atoms with Crippen LogP contribution in [0.1, 0.15) is 63.9 Å². The summed E-state index contributed by atoms with van der Waals surface area (Å²) in [5.41, 5.74) is 3.97. The number of likely N-dealkylation sites (tertiary alicyclic amines) is 1. The number of hydrogen-bond donors (Lipinski definition) is 3. The fourth-order valence-electron chi connectivity index (χ4n) is 6.00. The zero-order valence-corrected chi connectivity index (χ0v) is 22.8. The zero-order valence-electron chi connectivity index (χ0n) is 22.8. The zero-order chi connectivity index (χ0) is 26.4. The fraction of sp³-hybridized carbons (Fsp3) is 0.467. The second kappa shape index (κ2) is 9.66. The van der Waals surface area contributed by atoms with E-state index in [1.165, 1.54) is 17.2 Å². The molecule has 8 heteroatoms. The van der Waals surface area contributed by atoms with Gasteiger partial charge in [-0.2, -0.15) is 0 Å². The Morgan fingerprint density at radius 3 is 2.55 bits per heavy atom. The molecule has 3 aliphatic rings. The molecule has 0 saturated carbocycles. The maximum atomic E-state index is 12.9. The smallest absolute Gasteiger partial charge is 0.410 e. The Hall–Kier alpha value is -3.52. The van der Waals surface area contributed by atoms with Gasteiger partial charge >= 0.3 is 6.09 Å². The molecule has 1 aromatic heterocycles. The van der Waals surface area contributed by atoms with Crippen LogP contribution in [0, 0.1) is 0 Å². The third-order valence-corrected chi connectivity index (χ3v) is 7.91. The number of fused-ring (bicyclic) bond motifs is 1. The molecule has 2 unspecified atom stereocenters. The first kappa shape index (κ1) is 24.8. The van der Waals surface area contributed by atoms with E-state index in [-0.39, 0.29) is 18.3 Å². The molecule has 0 spiro atoms. The molecule has 38 heavy (non-hydrogen) atoms. The minimum atomic E-state index is -0.500. The van der Waals surface area contributed by atoms with Gasteiger partial charge in [-0.05, 0) is 81.5 Å². The predicted molar refractivity (Wildman–Crippen MR) is 150 cm³/mol. The first-order valence-electron chi connectivity index (χ1n) is 13.8. The van der Waals surface area contributed by atoms with E-state index in [0.29, 0.717) is 6.04 Å². The average molecular weight is 515 g/mol. The van der Waals surface area contributed by atoms with Gasteiger partial charge in [0.15, 0.2) is 0 Å². The molecule has 3 N–H and O–H groups in total. The minimum absolute atomic E-state index is 0.0158. The molecule has 2 aromatic carbocycles. The van der Waals surface area contributed by atoms with Gasteiger partial charge in [-0.3, -0.25) is 0 Å². The van der Waals surface area contributed by atoms with Gasteiger partial charge in [0.25, 0.3) is 0 Å². The van der Waals surface area contributed by atoms with Crippen molar-refractivity contribution in [3.05, 3.63) is 60.2 Å². The van der Waals surface area contributed by atoms with Crippen molar-refractivity contribution in [1.82, 2.24) is 30.4 Å². The number of nitrogens with zero attached hydrogens (tertiary/aromatic N) is 3. The van der Waals surface area contributed by atoms with Crippen molar-refractivity contribution in [2.45, 2.75) is 70.3 Å². The van der Waals surface area contributed by atoms with E-state index in [9.17, 15) is 4.79 Å². The number of rotatable bonds is 4. The van der Waals surface area contributed by atoms with Crippen molar-refractivity contribution in [2.75, 3.05) is 20.1 Å². The summed E-state index contributed by atoms with van der Waals surface area (Å²) < 4.78 is 5.69. The molecule has 3 atom stereocenters. The van der Waals surface area contributed by atoms with E-state index in [1.54, 1.807) is 0 Å². The summed E-state index contributed by atoms with van der Waals surface area (Å²) in [6.07, 6.45) is 8.08. The predicted octanol–water partition coefficient (Wildman–Crippen LogP) is 5.21. The Kier molecular flexibility index (Phi) is 6.30. The van der Waals surface area contributed by atoms with Crippen molar-refractivity contribution in [1.29, 1.82) is 0 Å². The van der Waals surface area contributed by atoms with E-state index in [2.05, 4.69) is 75.1 Å². The summed E-state index contributed by atoms with van der Waals surface area (Å²) in [5, 5.41) is 9.44. The van der Waals surface area contributed by atoms with E-state index in [4.69, 9.17) is 4.74 Å². The number of likely N-dealkylation sites (N-methyl/N-ethyl adjacent to an activating group) is 1. The SMILES string of the molecule is CN1C(c2ccc3cc(-c4cnc([C@@H]5CCCN5)[nH]4)ccc3c2)=CNC1C1CCCN1C(=O)OC(C)(C)C. The van der Waals surface area contributed by atoms with Crippen molar-refractivity contribution in [3.63, 3.8) is 0 Å². The lowest BCUT2D eigenvalue weighted by molar-refractivity contribution is 0.0161. The van der Waals surface area contributed by atoms with Crippen LogP contribution in [0.15, 0.2) is 48.8 Å². The molecule has 0 bridgehead atoms. The van der Waals surface area contributed by atoms with Crippen LogP contribution in [0.4, 0.5) is 4.79 Å². The van der Waals surface area contributed by atoms with E-state index in [0.717, 1.165) is 60.7 Å². The number of aromatic nitrogens is 2. The third kappa shape index (κ3) is 4.73. The van der Waals surface area contributed by atoms with Crippen molar-refractivity contribution in [2.24, 2.45) is 0 Å². The Balaban J connectivity index is 1.18. The summed E-state index contributed by atoms with van der Waals surface area (Å²) in [6.45, 7) is 7.53. The first-order chi connectivity index (χ1) is 18.3. The number of amides is 1. The van der Waals surface area contributed by atoms with Crippen LogP contribution in [-0.2, 0) is 4.74 Å². The summed E-state index contributed by atoms with van der Waals surface area (Å²) in [5.74, 6) is 1.03. The van der Waals surface area contributed by atoms with Gasteiger partial charge in [-0.1, -0.05) is 24.3 Å². The molecule has 8 nitrogen and oxygen atoms in total. The number of nitrogens with one attached hydrogen (secondary N) is 3. The normalized spacial score (nSPS) is 23.7. The van der Waals surface area contributed by atoms with Gasteiger partial charge in [0.1, 0.15) is 17.6 Å². The highest BCUT2D eigenvalue weighted by atomic mass is 16.6. The van der Waals surface area contributed by atoms with Crippen molar-refractivity contribution in [3.8, 4) is 11.3 Å². The van der Waals surface area contributed by atoms with Crippen molar-refractivity contribution < 1.29 is 9.53 Å². The van der Waals surface area contributed by atoms with E-state index >= 15 is 0 Å². The Bertz CT molecular complexity index is 1370. The van der Waals surface area contributed by atoms with Gasteiger partial charge in [0.05, 0.1) is 29.7 Å². The molecular formula is C30H38N6O2. The van der Waals surface area contributed by atoms with Gasteiger partial charge < -0.3 is 30.2 Å². The number of aromatic amines is 1. The molecule has 3 aliphatic heterocycles. The number of imidazole rings is 1. The lowest BCUT2D eigenvalue weighted by Gasteiger charge is -2.36. The molecule has 2 saturated heterocycles. The minimum Gasteiger partial charge on any atom is -0.444 e. The molecule has 0 aliphatic carbocycles. The largest absolute Gasteiger partial charge is 0.444 e. The van der Waals surface area contributed by atoms with Crippen LogP contribution in [0.2, 0.25) is 0 Å². The van der Waals surface area contributed by atoms with E-state index in [1.807, 2.05) is 31.9 Å². The van der Waals surface area contributed by atoms with Crippen LogP contribution in [0.25, 0.3) is 27.7 Å². The fourth-order valence-corrected chi connectivity index (χ4v) is 6.00. The number of carbonyl (C=O) groups excluding carboxylic acids is 1. The lowest BCUT2D eigenvalue weighted by atomic mass is 10.0. The molecule has 3 aromatic rings. The number of H-pyrrole nitrogens is 1. The van der Waals surface area contributed by atoms with Crippen molar-refractivity contribution >= 4 is 22.6 Å². The summed E-state index contributed by atoms with van der Waals surface area (Å²) >= 11 is 0. The standard InChI is InChI=1S/C30H38N6O2/c1-30(2,3)38-29(37)36-14-6-8-25(36)28-33-18-26(35(28)4)22-12-10-19-15-21(11-9-20(19)16-22)24-17-32-27(34-24)23-7-5-13-31-23/h9-12,15-18,23,25,28,31,33H,5-8,13-14H2,1-4H3,(H,32,34)/t23-,25?,28?/m0/s1. The second-order valence-corrected chi connectivity index (χ2v) is 11.7. The molecule has 1 amide bonds. The molecule has 200 valence electrons.